The number of nitrogens with one attached hydrogen (secondary N) is 1. The van der Waals surface area contributed by atoms with E-state index in [4.69, 9.17) is 4.74 Å². The predicted molar refractivity (Wildman–Crippen MR) is 97.7 cm³/mol. The number of hydrogen-bond acceptors (Lipinski definition) is 4. The Kier molecular flexibility index (Phi) is 5.99. The highest BCUT2D eigenvalue weighted by Crippen LogP contribution is 2.37. The van der Waals surface area contributed by atoms with Crippen LogP contribution in [-0.4, -0.2) is 42.5 Å². The summed E-state index contributed by atoms with van der Waals surface area (Å²) in [6.07, 6.45) is 2.30. The number of halogens is 3. The monoisotopic (exact) mass is 417 g/mol. The van der Waals surface area contributed by atoms with Crippen molar-refractivity contribution in [3.8, 4) is 11.4 Å². The normalized spacial score (nSPS) is 22.1. The van der Waals surface area contributed by atoms with Crippen LogP contribution in [0, 0.1) is 11.7 Å². The van der Waals surface area contributed by atoms with Crippen LogP contribution < -0.4 is 9.46 Å². The fourth-order valence-corrected chi connectivity index (χ4v) is 4.18. The molecule has 1 fully saturated rings. The Balaban J connectivity index is 1.71. The smallest absolute Gasteiger partial charge is 0.248 e. The summed E-state index contributed by atoms with van der Waals surface area (Å²) in [6, 6.07) is 5.26. The molecule has 1 aromatic heterocycles. The van der Waals surface area contributed by atoms with E-state index in [9.17, 15) is 21.6 Å². The van der Waals surface area contributed by atoms with E-state index in [-0.39, 0.29) is 24.5 Å². The molecule has 2 unspecified atom stereocenters. The van der Waals surface area contributed by atoms with E-state index in [1.165, 1.54) is 23.7 Å². The van der Waals surface area contributed by atoms with Gasteiger partial charge < -0.3 is 4.74 Å². The molecular weight excluding hydrogens is 395 g/mol. The van der Waals surface area contributed by atoms with Crippen LogP contribution in [0.1, 0.15) is 26.2 Å². The third kappa shape index (κ3) is 5.05. The van der Waals surface area contributed by atoms with Gasteiger partial charge in [-0.15, -0.1) is 0 Å². The minimum Gasteiger partial charge on any atom is -0.490 e. The van der Waals surface area contributed by atoms with Gasteiger partial charge in [-0.2, -0.15) is 5.10 Å². The summed E-state index contributed by atoms with van der Waals surface area (Å²) in [4.78, 5) is 0. The molecule has 0 saturated heterocycles. The predicted octanol–water partition coefficient (Wildman–Crippen LogP) is 3.13. The molecule has 6 nitrogen and oxygen atoms in total. The standard InChI is InChI=1S/C18H22F3N3O3S/c1-2-28(25,26)23-16-6-7-18(20,21)11-13(16)12-27-17-5-4-14(10-15(17)19)24-9-3-8-22-24/h3-5,8-10,13,16,23H,2,6-7,11-12H2,1H3. The number of benzene rings is 1. The lowest BCUT2D eigenvalue weighted by Crippen LogP contribution is -2.48. The molecule has 10 heteroatoms. The molecule has 0 spiro atoms. The summed E-state index contributed by atoms with van der Waals surface area (Å²) in [5.74, 6) is -4.54. The summed E-state index contributed by atoms with van der Waals surface area (Å²) in [6.45, 7) is 1.26. The molecule has 3 rings (SSSR count). The summed E-state index contributed by atoms with van der Waals surface area (Å²) >= 11 is 0. The van der Waals surface area contributed by atoms with Crippen molar-refractivity contribution in [1.29, 1.82) is 0 Å². The van der Waals surface area contributed by atoms with Crippen molar-refractivity contribution in [2.75, 3.05) is 12.4 Å². The Bertz CT molecular complexity index is 904. The van der Waals surface area contributed by atoms with E-state index < -0.39 is 46.6 Å². The molecule has 2 aromatic rings. The average Bonchev–Trinajstić information content (AvgIpc) is 3.17. The van der Waals surface area contributed by atoms with Gasteiger partial charge in [0, 0.05) is 43.3 Å². The van der Waals surface area contributed by atoms with Crippen molar-refractivity contribution in [3.63, 3.8) is 0 Å². The Hall–Kier alpha value is -2.07. The Morgan fingerprint density at radius 2 is 2.18 bits per heavy atom. The lowest BCUT2D eigenvalue weighted by atomic mass is 9.83. The summed E-state index contributed by atoms with van der Waals surface area (Å²) < 4.78 is 75.1. The molecule has 1 aliphatic carbocycles. The van der Waals surface area contributed by atoms with E-state index in [1.54, 1.807) is 24.5 Å². The fourth-order valence-electron chi connectivity index (χ4n) is 3.24. The lowest BCUT2D eigenvalue weighted by molar-refractivity contribution is -0.0662. The van der Waals surface area contributed by atoms with Crippen LogP contribution in [-0.2, 0) is 10.0 Å². The third-order valence-corrected chi connectivity index (χ3v) is 6.22. The van der Waals surface area contributed by atoms with Gasteiger partial charge in [0.05, 0.1) is 18.0 Å². The van der Waals surface area contributed by atoms with Crippen LogP contribution in [0.15, 0.2) is 36.7 Å². The van der Waals surface area contributed by atoms with Gasteiger partial charge in [-0.25, -0.2) is 31.0 Å². The van der Waals surface area contributed by atoms with E-state index in [0.717, 1.165) is 0 Å². The molecule has 2 atom stereocenters. The number of alkyl halides is 2. The van der Waals surface area contributed by atoms with Crippen LogP contribution in [0.2, 0.25) is 0 Å². The molecule has 154 valence electrons. The summed E-state index contributed by atoms with van der Waals surface area (Å²) in [5.41, 5.74) is 0.493. The zero-order chi connectivity index (χ0) is 20.4. The highest BCUT2D eigenvalue weighted by atomic mass is 32.2. The molecule has 0 radical (unpaired) electrons. The van der Waals surface area contributed by atoms with Gasteiger partial charge in [0.2, 0.25) is 15.9 Å². The van der Waals surface area contributed by atoms with Crippen molar-refractivity contribution < 1.29 is 26.3 Å². The molecule has 1 aliphatic rings. The van der Waals surface area contributed by atoms with Gasteiger partial charge in [-0.05, 0) is 31.5 Å². The van der Waals surface area contributed by atoms with E-state index in [2.05, 4.69) is 9.82 Å². The van der Waals surface area contributed by atoms with Crippen molar-refractivity contribution in [1.82, 2.24) is 14.5 Å². The van der Waals surface area contributed by atoms with Gasteiger partial charge >= 0.3 is 0 Å². The molecule has 28 heavy (non-hydrogen) atoms. The third-order valence-electron chi connectivity index (χ3n) is 4.80. The molecule has 0 bridgehead atoms. The largest absolute Gasteiger partial charge is 0.490 e. The number of hydrogen-bond donors (Lipinski definition) is 1. The average molecular weight is 417 g/mol. The Morgan fingerprint density at radius 3 is 2.82 bits per heavy atom. The summed E-state index contributed by atoms with van der Waals surface area (Å²) in [5, 5.41) is 4.01. The molecule has 1 N–H and O–H groups in total. The van der Waals surface area contributed by atoms with Crippen molar-refractivity contribution in [2.24, 2.45) is 5.92 Å². The molecule has 0 amide bonds. The van der Waals surface area contributed by atoms with Crippen LogP contribution >= 0.6 is 0 Å². The van der Waals surface area contributed by atoms with Crippen LogP contribution in [0.4, 0.5) is 13.2 Å². The van der Waals surface area contributed by atoms with Gasteiger partial charge in [0.15, 0.2) is 11.6 Å². The van der Waals surface area contributed by atoms with Crippen LogP contribution in [0.5, 0.6) is 5.75 Å². The molecule has 1 aromatic carbocycles. The van der Waals surface area contributed by atoms with Crippen molar-refractivity contribution in [2.45, 2.75) is 38.2 Å². The quantitative estimate of drug-likeness (QED) is 0.751. The zero-order valence-corrected chi connectivity index (χ0v) is 16.1. The SMILES string of the molecule is CCS(=O)(=O)NC1CCC(F)(F)CC1COc1ccc(-n2cccn2)cc1F. The lowest BCUT2D eigenvalue weighted by Gasteiger charge is -2.36. The number of nitrogens with zero attached hydrogens (tertiary/aromatic N) is 2. The maximum Gasteiger partial charge on any atom is 0.248 e. The molecule has 1 heterocycles. The van der Waals surface area contributed by atoms with Gasteiger partial charge in [-0.3, -0.25) is 0 Å². The molecule has 1 saturated carbocycles. The number of rotatable bonds is 7. The van der Waals surface area contributed by atoms with E-state index in [1.807, 2.05) is 0 Å². The number of sulfonamides is 1. The van der Waals surface area contributed by atoms with Gasteiger partial charge in [0.1, 0.15) is 0 Å². The van der Waals surface area contributed by atoms with E-state index >= 15 is 0 Å². The fraction of sp³-hybridized carbons (Fsp3) is 0.500. The number of aromatic nitrogens is 2. The minimum absolute atomic E-state index is 0.000968. The zero-order valence-electron chi connectivity index (χ0n) is 15.3. The first-order valence-corrected chi connectivity index (χ1v) is 10.6. The second-order valence-corrected chi connectivity index (χ2v) is 8.91. The highest BCUT2D eigenvalue weighted by Gasteiger charge is 2.42. The highest BCUT2D eigenvalue weighted by molar-refractivity contribution is 7.89. The minimum atomic E-state index is -3.55. The first-order chi connectivity index (χ1) is 13.2. The summed E-state index contributed by atoms with van der Waals surface area (Å²) in [7, 11) is -3.55. The first-order valence-electron chi connectivity index (χ1n) is 8.99. The Labute approximate surface area is 161 Å². The number of ether oxygens (including phenoxy) is 1. The maximum atomic E-state index is 14.3. The van der Waals surface area contributed by atoms with Crippen molar-refractivity contribution in [3.05, 3.63) is 42.5 Å². The van der Waals surface area contributed by atoms with Gasteiger partial charge in [-0.1, -0.05) is 0 Å². The van der Waals surface area contributed by atoms with Crippen LogP contribution in [0.25, 0.3) is 5.69 Å². The second kappa shape index (κ2) is 8.12. The second-order valence-electron chi connectivity index (χ2n) is 6.86. The first kappa shape index (κ1) is 20.7. The van der Waals surface area contributed by atoms with E-state index in [0.29, 0.717) is 5.69 Å². The Morgan fingerprint density at radius 1 is 1.39 bits per heavy atom. The van der Waals surface area contributed by atoms with Crippen molar-refractivity contribution >= 4 is 10.0 Å². The van der Waals surface area contributed by atoms with Gasteiger partial charge in [0.25, 0.3) is 0 Å². The molecule has 0 aliphatic heterocycles. The molecular formula is C18H22F3N3O3S. The topological polar surface area (TPSA) is 73.2 Å². The maximum absolute atomic E-state index is 14.3. The van der Waals surface area contributed by atoms with Crippen LogP contribution in [0.3, 0.4) is 0 Å².